The molecule has 7 nitrogen and oxygen atoms in total. The first-order valence-electron chi connectivity index (χ1n) is 7.13. The maximum atomic E-state index is 13.4. The number of nitrogens with zero attached hydrogens (tertiary/aromatic N) is 1. The van der Waals surface area contributed by atoms with E-state index in [1.54, 1.807) is 0 Å². The number of rotatable bonds is 5. The first-order chi connectivity index (χ1) is 12.0. The summed E-state index contributed by atoms with van der Waals surface area (Å²) in [5.74, 6) is -2.81. The summed E-state index contributed by atoms with van der Waals surface area (Å²) in [5.41, 5.74) is -0.656. The molecule has 0 saturated heterocycles. The second-order valence-corrected chi connectivity index (χ2v) is 9.14. The van der Waals surface area contributed by atoms with Crippen molar-refractivity contribution in [2.45, 2.75) is 23.5 Å². The summed E-state index contributed by atoms with van der Waals surface area (Å²) < 4.78 is 42.3. The highest BCUT2D eigenvalue weighted by Crippen LogP contribution is 2.32. The van der Waals surface area contributed by atoms with Crippen molar-refractivity contribution in [3.05, 3.63) is 62.9 Å². The quantitative estimate of drug-likeness (QED) is 0.301. The predicted octanol–water partition coefficient (Wildman–Crippen LogP) is 3.65. The van der Waals surface area contributed by atoms with Crippen LogP contribution in [0.3, 0.4) is 0 Å². The van der Waals surface area contributed by atoms with E-state index in [-0.39, 0.29) is 4.90 Å². The van der Waals surface area contributed by atoms with Crippen LogP contribution in [-0.4, -0.2) is 24.1 Å². The van der Waals surface area contributed by atoms with Crippen LogP contribution in [0.15, 0.2) is 51.8 Å². The zero-order valence-corrected chi connectivity index (χ0v) is 16.0. The topological polar surface area (TPSA) is 104 Å². The lowest BCUT2D eigenvalue weighted by Crippen LogP contribution is -2.43. The Bertz CT molecular complexity index is 973. The molecule has 0 unspecified atom stereocenters. The fourth-order valence-corrected chi connectivity index (χ4v) is 3.57. The van der Waals surface area contributed by atoms with Gasteiger partial charge in [-0.15, -0.1) is 0 Å². The number of esters is 1. The molecule has 2 aromatic carbocycles. The van der Waals surface area contributed by atoms with E-state index in [1.165, 1.54) is 24.3 Å². The lowest BCUT2D eigenvalue weighted by atomic mass is 10.2. The number of carbonyl (C=O) groups is 1. The number of hydrogen-bond acceptors (Lipinski definition) is 6. The van der Waals surface area contributed by atoms with Gasteiger partial charge in [-0.2, -0.15) is 0 Å². The van der Waals surface area contributed by atoms with E-state index in [0.29, 0.717) is 10.5 Å². The molecule has 0 aliphatic carbocycles. The average molecular weight is 446 g/mol. The summed E-state index contributed by atoms with van der Waals surface area (Å²) in [7, 11) is -4.18. The van der Waals surface area contributed by atoms with Gasteiger partial charge in [0.15, 0.2) is 14.6 Å². The second-order valence-electron chi connectivity index (χ2n) is 5.73. The average Bonchev–Trinajstić information content (AvgIpc) is 2.54. The molecule has 0 radical (unpaired) electrons. The van der Waals surface area contributed by atoms with Gasteiger partial charge in [-0.1, -0.05) is 15.9 Å². The number of halogens is 2. The fraction of sp³-hybridized carbons (Fsp3) is 0.188. The van der Waals surface area contributed by atoms with Crippen LogP contribution in [0.25, 0.3) is 0 Å². The molecular formula is C16H13BrFNO6S. The van der Waals surface area contributed by atoms with E-state index >= 15 is 0 Å². The predicted molar refractivity (Wildman–Crippen MR) is 94.1 cm³/mol. The molecule has 0 aromatic heterocycles. The van der Waals surface area contributed by atoms with Crippen LogP contribution in [0.4, 0.5) is 10.1 Å². The third-order valence-electron chi connectivity index (χ3n) is 3.61. The van der Waals surface area contributed by atoms with Gasteiger partial charge in [0.2, 0.25) is 5.75 Å². The van der Waals surface area contributed by atoms with Crippen LogP contribution >= 0.6 is 15.9 Å². The Labute approximate surface area is 157 Å². The summed E-state index contributed by atoms with van der Waals surface area (Å²) >= 11 is 3.18. The highest BCUT2D eigenvalue weighted by atomic mass is 79.9. The van der Waals surface area contributed by atoms with Crippen molar-refractivity contribution < 1.29 is 27.3 Å². The Hall–Kier alpha value is -2.33. The highest BCUT2D eigenvalue weighted by Gasteiger charge is 2.45. The van der Waals surface area contributed by atoms with Gasteiger partial charge >= 0.3 is 11.7 Å². The van der Waals surface area contributed by atoms with Crippen molar-refractivity contribution >= 4 is 37.4 Å². The molecule has 0 bridgehead atoms. The van der Waals surface area contributed by atoms with Crippen molar-refractivity contribution in [1.82, 2.24) is 0 Å². The number of benzene rings is 2. The Morgan fingerprint density at radius 3 is 2.31 bits per heavy atom. The molecular weight excluding hydrogens is 433 g/mol. The summed E-state index contributed by atoms with van der Waals surface area (Å²) in [6, 6.07) is 7.90. The second kappa shape index (κ2) is 7.12. The van der Waals surface area contributed by atoms with E-state index < -0.39 is 42.7 Å². The first-order valence-corrected chi connectivity index (χ1v) is 9.41. The zero-order chi connectivity index (χ0) is 19.7. The number of nitro groups is 1. The van der Waals surface area contributed by atoms with Crippen LogP contribution in [0, 0.1) is 15.9 Å². The van der Waals surface area contributed by atoms with Crippen LogP contribution in [0.1, 0.15) is 13.8 Å². The monoisotopic (exact) mass is 445 g/mol. The van der Waals surface area contributed by atoms with Crippen LogP contribution in [-0.2, 0) is 14.6 Å². The van der Waals surface area contributed by atoms with E-state index in [1.807, 2.05) is 0 Å². The number of hydrogen-bond donors (Lipinski definition) is 0. The third-order valence-corrected chi connectivity index (χ3v) is 6.54. The van der Waals surface area contributed by atoms with Gasteiger partial charge in [-0.05, 0) is 44.2 Å². The lowest BCUT2D eigenvalue weighted by molar-refractivity contribution is -0.385. The number of sulfone groups is 1. The fourth-order valence-electron chi connectivity index (χ4n) is 1.96. The minimum absolute atomic E-state index is 0.128. The van der Waals surface area contributed by atoms with E-state index in [9.17, 15) is 27.7 Å². The maximum Gasteiger partial charge on any atom is 0.332 e. The largest absolute Gasteiger partial charge is 0.418 e. The van der Waals surface area contributed by atoms with E-state index in [0.717, 1.165) is 26.0 Å². The summed E-state index contributed by atoms with van der Waals surface area (Å²) in [6.07, 6.45) is 0. The van der Waals surface area contributed by atoms with Gasteiger partial charge < -0.3 is 4.74 Å². The minimum atomic E-state index is -4.18. The number of ether oxygens (including phenoxy) is 1. The van der Waals surface area contributed by atoms with Crippen molar-refractivity contribution in [1.29, 1.82) is 0 Å². The molecule has 0 fully saturated rings. The molecule has 2 aromatic rings. The maximum absolute atomic E-state index is 13.4. The minimum Gasteiger partial charge on any atom is -0.418 e. The van der Waals surface area contributed by atoms with Crippen LogP contribution < -0.4 is 4.74 Å². The highest BCUT2D eigenvalue weighted by molar-refractivity contribution is 9.10. The van der Waals surface area contributed by atoms with Crippen molar-refractivity contribution in [2.75, 3.05) is 0 Å². The molecule has 2 rings (SSSR count). The molecule has 138 valence electrons. The van der Waals surface area contributed by atoms with Gasteiger partial charge in [0.05, 0.1) is 9.82 Å². The van der Waals surface area contributed by atoms with Crippen molar-refractivity contribution in [2.24, 2.45) is 0 Å². The van der Waals surface area contributed by atoms with Gasteiger partial charge in [-0.3, -0.25) is 10.1 Å². The molecule has 0 aliphatic rings. The molecule has 0 spiro atoms. The Morgan fingerprint density at radius 2 is 1.77 bits per heavy atom. The molecule has 10 heteroatoms. The first kappa shape index (κ1) is 20.0. The smallest absolute Gasteiger partial charge is 0.332 e. The summed E-state index contributed by atoms with van der Waals surface area (Å²) in [6.45, 7) is 2.22. The standard InChI is InChI=1S/C16H13BrFNO6S/c1-16(2,26(23,24)12-6-3-10(17)4-7-12)15(20)25-14-9-11(18)5-8-13(14)19(21)22/h3-9H,1-2H3. The molecule has 0 N–H and O–H groups in total. The molecule has 0 heterocycles. The van der Waals surface area contributed by atoms with Crippen molar-refractivity contribution in [3.8, 4) is 5.75 Å². The Balaban J connectivity index is 2.41. The summed E-state index contributed by atoms with van der Waals surface area (Å²) in [4.78, 5) is 22.4. The van der Waals surface area contributed by atoms with Crippen LogP contribution in [0.2, 0.25) is 0 Å². The van der Waals surface area contributed by atoms with Gasteiger partial charge in [0.1, 0.15) is 5.82 Å². The molecule has 0 saturated carbocycles. The van der Waals surface area contributed by atoms with Gasteiger partial charge in [0.25, 0.3) is 0 Å². The summed E-state index contributed by atoms with van der Waals surface area (Å²) in [5, 5.41) is 11.0. The molecule has 26 heavy (non-hydrogen) atoms. The van der Waals surface area contributed by atoms with E-state index in [2.05, 4.69) is 15.9 Å². The third kappa shape index (κ3) is 3.75. The zero-order valence-electron chi connectivity index (χ0n) is 13.6. The normalized spacial score (nSPS) is 11.8. The SMILES string of the molecule is CC(C)(C(=O)Oc1cc(F)ccc1[N+](=O)[O-])S(=O)(=O)c1ccc(Br)cc1. The molecule has 0 amide bonds. The number of nitro benzene ring substituents is 1. The number of carbonyl (C=O) groups excluding carboxylic acids is 1. The Kier molecular flexibility index (Phi) is 5.47. The van der Waals surface area contributed by atoms with Gasteiger partial charge in [0, 0.05) is 16.6 Å². The van der Waals surface area contributed by atoms with Gasteiger partial charge in [-0.25, -0.2) is 17.6 Å². The molecule has 0 atom stereocenters. The van der Waals surface area contributed by atoms with E-state index in [4.69, 9.17) is 4.74 Å². The lowest BCUT2D eigenvalue weighted by Gasteiger charge is -2.22. The van der Waals surface area contributed by atoms with Crippen LogP contribution in [0.5, 0.6) is 5.75 Å². The molecule has 0 aliphatic heterocycles. The Morgan fingerprint density at radius 1 is 1.19 bits per heavy atom. The van der Waals surface area contributed by atoms with Crippen molar-refractivity contribution in [3.63, 3.8) is 0 Å².